The molecule has 3 aromatic rings. The van der Waals surface area contributed by atoms with Crippen molar-refractivity contribution in [3.05, 3.63) is 52.8 Å². The van der Waals surface area contributed by atoms with E-state index >= 15 is 0 Å². The summed E-state index contributed by atoms with van der Waals surface area (Å²) in [6.45, 7) is 6.94. The number of nitrogens with zero attached hydrogens (tertiary/aromatic N) is 2. The summed E-state index contributed by atoms with van der Waals surface area (Å²) in [4.78, 5) is 12.8. The first-order valence-electron chi connectivity index (χ1n) is 10.1. The summed E-state index contributed by atoms with van der Waals surface area (Å²) >= 11 is 1.18. The van der Waals surface area contributed by atoms with Gasteiger partial charge in [-0.05, 0) is 57.2 Å². The van der Waals surface area contributed by atoms with Gasteiger partial charge in [0.2, 0.25) is 10.9 Å². The lowest BCUT2D eigenvalue weighted by Crippen LogP contribution is -2.13. The number of ether oxygens (including phenoxy) is 4. The molecule has 0 saturated heterocycles. The predicted molar refractivity (Wildman–Crippen MR) is 119 cm³/mol. The zero-order chi connectivity index (χ0) is 22.9. The fourth-order valence-electron chi connectivity index (χ4n) is 2.73. The molecule has 0 aliphatic heterocycles. The number of carbonyl (C=O) groups is 1. The van der Waals surface area contributed by atoms with Crippen LogP contribution in [0.15, 0.2) is 36.4 Å². The van der Waals surface area contributed by atoms with Crippen LogP contribution in [0.5, 0.6) is 23.0 Å². The van der Waals surface area contributed by atoms with E-state index < -0.39 is 5.91 Å². The molecule has 0 bridgehead atoms. The van der Waals surface area contributed by atoms with Gasteiger partial charge < -0.3 is 18.9 Å². The van der Waals surface area contributed by atoms with Crippen LogP contribution in [0.25, 0.3) is 0 Å². The van der Waals surface area contributed by atoms with Crippen molar-refractivity contribution in [3.63, 3.8) is 0 Å². The monoisotopic (exact) mass is 461 g/mol. The average molecular weight is 462 g/mol. The summed E-state index contributed by atoms with van der Waals surface area (Å²) in [5, 5.41) is 11.6. The highest BCUT2D eigenvalue weighted by Gasteiger charge is 2.19. The smallest absolute Gasteiger partial charge is 0.257 e. The summed E-state index contributed by atoms with van der Waals surface area (Å²) in [5.74, 6) is 1.09. The van der Waals surface area contributed by atoms with E-state index in [1.807, 2.05) is 20.8 Å². The standard InChI is InChI=1S/C22H24FN3O5S/c1-4-28-17-11-14(12-18(29-5-2)20(17)30-6-3)21(27)24-22-26-25-19(32-22)13-31-16-9-7-15(23)8-10-16/h7-12H,4-6,13H2,1-3H3,(H,24,26,27). The molecule has 3 rings (SSSR count). The first kappa shape index (κ1) is 23.3. The SMILES string of the molecule is CCOc1cc(C(=O)Nc2nnc(COc3ccc(F)cc3)s2)cc(OCC)c1OCC. The molecule has 1 aromatic heterocycles. The molecular formula is C22H24FN3O5S. The second kappa shape index (κ2) is 11.3. The summed E-state index contributed by atoms with van der Waals surface area (Å²) in [5.41, 5.74) is 0.333. The fraction of sp³-hybridized carbons (Fsp3) is 0.318. The molecule has 2 aromatic carbocycles. The lowest BCUT2D eigenvalue weighted by molar-refractivity contribution is 0.102. The minimum atomic E-state index is -0.392. The molecule has 0 aliphatic carbocycles. The molecule has 0 aliphatic rings. The van der Waals surface area contributed by atoms with Crippen LogP contribution in [-0.4, -0.2) is 35.9 Å². The van der Waals surface area contributed by atoms with Crippen LogP contribution >= 0.6 is 11.3 Å². The van der Waals surface area contributed by atoms with Gasteiger partial charge in [0, 0.05) is 5.56 Å². The highest BCUT2D eigenvalue weighted by Crippen LogP contribution is 2.39. The molecule has 170 valence electrons. The number of carbonyl (C=O) groups excluding carboxylic acids is 1. The van der Waals surface area contributed by atoms with Crippen LogP contribution in [-0.2, 0) is 6.61 Å². The first-order chi connectivity index (χ1) is 15.5. The largest absolute Gasteiger partial charge is 0.490 e. The summed E-state index contributed by atoms with van der Waals surface area (Å²) in [6.07, 6.45) is 0. The van der Waals surface area contributed by atoms with Crippen molar-refractivity contribution >= 4 is 22.4 Å². The Kier molecular flexibility index (Phi) is 8.20. The molecule has 10 heteroatoms. The Morgan fingerprint density at radius 1 is 0.938 bits per heavy atom. The minimum absolute atomic E-state index is 0.144. The molecule has 0 fully saturated rings. The van der Waals surface area contributed by atoms with E-state index in [1.165, 1.54) is 35.6 Å². The number of benzene rings is 2. The number of rotatable bonds is 11. The molecule has 1 N–H and O–H groups in total. The maximum absolute atomic E-state index is 13.0. The van der Waals surface area contributed by atoms with E-state index in [0.717, 1.165) is 0 Å². The number of amides is 1. The second-order valence-electron chi connectivity index (χ2n) is 6.30. The summed E-state index contributed by atoms with van der Waals surface area (Å²) in [6, 6.07) is 8.88. The maximum atomic E-state index is 13.0. The normalized spacial score (nSPS) is 10.5. The lowest BCUT2D eigenvalue weighted by Gasteiger charge is -2.16. The quantitative estimate of drug-likeness (QED) is 0.442. The van der Waals surface area contributed by atoms with Gasteiger partial charge in [-0.25, -0.2) is 4.39 Å². The molecule has 0 atom stereocenters. The molecule has 8 nitrogen and oxygen atoms in total. The number of aromatic nitrogens is 2. The number of nitrogens with one attached hydrogen (secondary N) is 1. The summed E-state index contributed by atoms with van der Waals surface area (Å²) < 4.78 is 35.5. The van der Waals surface area contributed by atoms with Gasteiger partial charge in [-0.3, -0.25) is 10.1 Å². The average Bonchev–Trinajstić information content (AvgIpc) is 3.23. The Morgan fingerprint density at radius 2 is 1.56 bits per heavy atom. The number of hydrogen-bond acceptors (Lipinski definition) is 8. The van der Waals surface area contributed by atoms with Gasteiger partial charge in [0.1, 0.15) is 18.2 Å². The first-order valence-corrected chi connectivity index (χ1v) is 10.9. The summed E-state index contributed by atoms with van der Waals surface area (Å²) in [7, 11) is 0. The van der Waals surface area contributed by atoms with Crippen molar-refractivity contribution in [3.8, 4) is 23.0 Å². The highest BCUT2D eigenvalue weighted by molar-refractivity contribution is 7.15. The molecular weight excluding hydrogens is 437 g/mol. The molecule has 0 saturated carbocycles. The molecule has 32 heavy (non-hydrogen) atoms. The third-order valence-corrected chi connectivity index (χ3v) is 4.85. The molecule has 0 radical (unpaired) electrons. The van der Waals surface area contributed by atoms with Gasteiger partial charge in [-0.15, -0.1) is 10.2 Å². The number of hydrogen-bond donors (Lipinski definition) is 1. The molecule has 1 amide bonds. The van der Waals surface area contributed by atoms with Crippen molar-refractivity contribution in [1.82, 2.24) is 10.2 Å². The Morgan fingerprint density at radius 3 is 2.16 bits per heavy atom. The number of halogens is 1. The number of anilines is 1. The van der Waals surface area contributed by atoms with Crippen molar-refractivity contribution in [1.29, 1.82) is 0 Å². The maximum Gasteiger partial charge on any atom is 0.257 e. The Bertz CT molecular complexity index is 1020. The molecule has 0 spiro atoms. The Balaban J connectivity index is 1.71. The third kappa shape index (κ3) is 6.07. The van der Waals surface area contributed by atoms with Crippen LogP contribution in [0.1, 0.15) is 36.1 Å². The van der Waals surface area contributed by atoms with Gasteiger partial charge >= 0.3 is 0 Å². The van der Waals surface area contributed by atoms with Crippen molar-refractivity contribution in [2.75, 3.05) is 25.1 Å². The Labute approximate surface area is 189 Å². The second-order valence-corrected chi connectivity index (χ2v) is 7.36. The molecule has 1 heterocycles. The highest BCUT2D eigenvalue weighted by atomic mass is 32.1. The van der Waals surface area contributed by atoms with Crippen molar-refractivity contribution in [2.45, 2.75) is 27.4 Å². The van der Waals surface area contributed by atoms with E-state index in [-0.39, 0.29) is 12.4 Å². The van der Waals surface area contributed by atoms with Gasteiger partial charge in [0.25, 0.3) is 5.91 Å². The fourth-order valence-corrected chi connectivity index (χ4v) is 3.38. The van der Waals surface area contributed by atoms with Gasteiger partial charge in [0.15, 0.2) is 16.5 Å². The van der Waals surface area contributed by atoms with Crippen LogP contribution in [0.3, 0.4) is 0 Å². The van der Waals surface area contributed by atoms with Crippen LogP contribution < -0.4 is 24.3 Å². The molecule has 0 unspecified atom stereocenters. The van der Waals surface area contributed by atoms with Crippen molar-refractivity contribution < 1.29 is 28.1 Å². The lowest BCUT2D eigenvalue weighted by atomic mass is 10.1. The van der Waals surface area contributed by atoms with Gasteiger partial charge in [-0.2, -0.15) is 0 Å². The zero-order valence-electron chi connectivity index (χ0n) is 18.0. The minimum Gasteiger partial charge on any atom is -0.490 e. The van der Waals surface area contributed by atoms with E-state index in [9.17, 15) is 9.18 Å². The van der Waals surface area contributed by atoms with E-state index in [4.69, 9.17) is 18.9 Å². The zero-order valence-corrected chi connectivity index (χ0v) is 18.8. The van der Waals surface area contributed by atoms with Gasteiger partial charge in [0.05, 0.1) is 19.8 Å². The van der Waals surface area contributed by atoms with Crippen LogP contribution in [0, 0.1) is 5.82 Å². The van der Waals surface area contributed by atoms with E-state index in [2.05, 4.69) is 15.5 Å². The Hall–Kier alpha value is -3.40. The van der Waals surface area contributed by atoms with Crippen molar-refractivity contribution in [2.24, 2.45) is 0 Å². The third-order valence-electron chi connectivity index (χ3n) is 4.03. The van der Waals surface area contributed by atoms with Gasteiger partial charge in [-0.1, -0.05) is 11.3 Å². The van der Waals surface area contributed by atoms with E-state index in [0.29, 0.717) is 58.5 Å². The topological polar surface area (TPSA) is 91.8 Å². The van der Waals surface area contributed by atoms with Crippen LogP contribution in [0.2, 0.25) is 0 Å². The van der Waals surface area contributed by atoms with E-state index in [1.54, 1.807) is 12.1 Å². The predicted octanol–water partition coefficient (Wildman–Crippen LogP) is 4.70. The van der Waals surface area contributed by atoms with Crippen LogP contribution in [0.4, 0.5) is 9.52 Å².